The molecule has 5 heteroatoms. The lowest BCUT2D eigenvalue weighted by Crippen LogP contribution is -2.11. The summed E-state index contributed by atoms with van der Waals surface area (Å²) >= 11 is 5.77. The predicted molar refractivity (Wildman–Crippen MR) is 57.2 cm³/mol. The molecule has 0 heterocycles. The first-order chi connectivity index (χ1) is 6.63. The molecule has 1 aromatic rings. The van der Waals surface area contributed by atoms with Crippen LogP contribution in [0.3, 0.4) is 0 Å². The van der Waals surface area contributed by atoms with Crippen LogP contribution >= 0.6 is 11.6 Å². The smallest absolute Gasteiger partial charge is 0.124 e. The molecule has 14 heavy (non-hydrogen) atoms. The molecule has 0 amide bonds. The first-order valence-electron chi connectivity index (χ1n) is 4.12. The minimum absolute atomic E-state index is 0.315. The molecular formula is C9H11ClFNOS. The van der Waals surface area contributed by atoms with E-state index < -0.39 is 10.8 Å². The lowest BCUT2D eigenvalue weighted by molar-refractivity contribution is 0.627. The lowest BCUT2D eigenvalue weighted by atomic mass is 10.2. The Morgan fingerprint density at radius 2 is 2.21 bits per heavy atom. The molecule has 1 aromatic carbocycles. The van der Waals surface area contributed by atoms with Gasteiger partial charge in [0.1, 0.15) is 5.82 Å². The van der Waals surface area contributed by atoms with Crippen molar-refractivity contribution in [2.24, 2.45) is 5.73 Å². The monoisotopic (exact) mass is 235 g/mol. The standard InChI is InChI=1S/C9H11ClFNOS/c10-9-5-8(11)2-1-7(9)6-14(13)4-3-12/h1-2,5H,3-4,6,12H2. The van der Waals surface area contributed by atoms with Crippen LogP contribution in [0.5, 0.6) is 0 Å². The van der Waals surface area contributed by atoms with Gasteiger partial charge in [0.25, 0.3) is 0 Å². The molecule has 0 aliphatic heterocycles. The zero-order chi connectivity index (χ0) is 10.6. The fraction of sp³-hybridized carbons (Fsp3) is 0.333. The van der Waals surface area contributed by atoms with Crippen molar-refractivity contribution in [3.63, 3.8) is 0 Å². The Bertz CT molecular complexity index is 346. The van der Waals surface area contributed by atoms with E-state index in [1.54, 1.807) is 6.07 Å². The second-order valence-corrected chi connectivity index (χ2v) is 4.80. The maximum atomic E-state index is 12.7. The fourth-order valence-electron chi connectivity index (χ4n) is 1.02. The van der Waals surface area contributed by atoms with E-state index in [9.17, 15) is 8.60 Å². The molecular weight excluding hydrogens is 225 g/mol. The van der Waals surface area contributed by atoms with Crippen molar-refractivity contribution < 1.29 is 8.60 Å². The van der Waals surface area contributed by atoms with Gasteiger partial charge >= 0.3 is 0 Å². The molecule has 0 spiro atoms. The van der Waals surface area contributed by atoms with Crippen LogP contribution in [0.1, 0.15) is 5.56 Å². The minimum Gasteiger partial charge on any atom is -0.330 e. The van der Waals surface area contributed by atoms with E-state index in [0.29, 0.717) is 28.6 Å². The Labute approximate surface area is 89.7 Å². The fourth-order valence-corrected chi connectivity index (χ4v) is 2.33. The van der Waals surface area contributed by atoms with Gasteiger partial charge in [0.15, 0.2) is 0 Å². The van der Waals surface area contributed by atoms with E-state index in [4.69, 9.17) is 17.3 Å². The highest BCUT2D eigenvalue weighted by atomic mass is 35.5. The summed E-state index contributed by atoms with van der Waals surface area (Å²) in [6.45, 7) is 0.380. The first-order valence-corrected chi connectivity index (χ1v) is 5.99. The third-order valence-electron chi connectivity index (χ3n) is 1.68. The number of nitrogens with two attached hydrogens (primary N) is 1. The van der Waals surface area contributed by atoms with Crippen LogP contribution in [0.25, 0.3) is 0 Å². The van der Waals surface area contributed by atoms with Gasteiger partial charge in [0.05, 0.1) is 5.75 Å². The van der Waals surface area contributed by atoms with E-state index in [1.807, 2.05) is 0 Å². The summed E-state index contributed by atoms with van der Waals surface area (Å²) in [6, 6.07) is 4.07. The van der Waals surface area contributed by atoms with Gasteiger partial charge in [-0.1, -0.05) is 17.7 Å². The van der Waals surface area contributed by atoms with Crippen molar-refractivity contribution in [3.8, 4) is 0 Å². The zero-order valence-corrected chi connectivity index (χ0v) is 9.08. The van der Waals surface area contributed by atoms with E-state index >= 15 is 0 Å². The molecule has 2 N–H and O–H groups in total. The zero-order valence-electron chi connectivity index (χ0n) is 7.50. The molecule has 1 atom stereocenters. The van der Waals surface area contributed by atoms with Crippen molar-refractivity contribution in [3.05, 3.63) is 34.6 Å². The topological polar surface area (TPSA) is 43.1 Å². The van der Waals surface area contributed by atoms with Crippen molar-refractivity contribution in [2.45, 2.75) is 5.75 Å². The molecule has 0 bridgehead atoms. The molecule has 1 rings (SSSR count). The van der Waals surface area contributed by atoms with Crippen molar-refractivity contribution in [2.75, 3.05) is 12.3 Å². The van der Waals surface area contributed by atoms with Crippen LogP contribution in [0, 0.1) is 5.82 Å². The molecule has 1 unspecified atom stereocenters. The van der Waals surface area contributed by atoms with Gasteiger partial charge in [-0.2, -0.15) is 0 Å². The van der Waals surface area contributed by atoms with Gasteiger partial charge in [0.2, 0.25) is 0 Å². The summed E-state index contributed by atoms with van der Waals surface area (Å²) in [4.78, 5) is 0. The number of halogens is 2. The summed E-state index contributed by atoms with van der Waals surface area (Å²) in [7, 11) is -1.02. The average Bonchev–Trinajstić information content (AvgIpc) is 2.10. The average molecular weight is 236 g/mol. The summed E-state index contributed by atoms with van der Waals surface area (Å²) in [5.41, 5.74) is 5.95. The lowest BCUT2D eigenvalue weighted by Gasteiger charge is -2.03. The molecule has 0 saturated heterocycles. The minimum atomic E-state index is -1.02. The molecule has 0 saturated carbocycles. The Hall–Kier alpha value is -0.450. The van der Waals surface area contributed by atoms with Crippen LogP contribution in [-0.2, 0) is 16.6 Å². The molecule has 0 fully saturated rings. The maximum absolute atomic E-state index is 12.7. The Balaban J connectivity index is 2.72. The molecule has 0 aromatic heterocycles. The molecule has 0 radical (unpaired) electrons. The van der Waals surface area contributed by atoms with E-state index in [2.05, 4.69) is 0 Å². The Kier molecular flexibility index (Phi) is 4.51. The summed E-state index contributed by atoms with van der Waals surface area (Å²) in [5, 5.41) is 0.315. The maximum Gasteiger partial charge on any atom is 0.124 e. The van der Waals surface area contributed by atoms with E-state index in [-0.39, 0.29) is 5.82 Å². The highest BCUT2D eigenvalue weighted by Crippen LogP contribution is 2.18. The van der Waals surface area contributed by atoms with Crippen LogP contribution in [-0.4, -0.2) is 16.5 Å². The Morgan fingerprint density at radius 1 is 1.50 bits per heavy atom. The number of hydrogen-bond acceptors (Lipinski definition) is 2. The van der Waals surface area contributed by atoms with E-state index in [0.717, 1.165) is 0 Å². The van der Waals surface area contributed by atoms with Gasteiger partial charge in [-0.15, -0.1) is 0 Å². The van der Waals surface area contributed by atoms with Gasteiger partial charge in [0, 0.05) is 28.1 Å². The normalized spacial score (nSPS) is 12.8. The van der Waals surface area contributed by atoms with Crippen LogP contribution in [0.4, 0.5) is 4.39 Å². The van der Waals surface area contributed by atoms with Crippen LogP contribution < -0.4 is 5.73 Å². The quantitative estimate of drug-likeness (QED) is 0.863. The third kappa shape index (κ3) is 3.36. The van der Waals surface area contributed by atoms with Gasteiger partial charge in [-0.25, -0.2) is 4.39 Å². The highest BCUT2D eigenvalue weighted by molar-refractivity contribution is 7.84. The summed E-state index contributed by atoms with van der Waals surface area (Å²) < 4.78 is 24.0. The number of hydrogen-bond donors (Lipinski definition) is 1. The molecule has 0 aliphatic rings. The molecule has 0 aliphatic carbocycles. The second kappa shape index (κ2) is 5.44. The van der Waals surface area contributed by atoms with Gasteiger partial charge < -0.3 is 5.73 Å². The summed E-state index contributed by atoms with van der Waals surface area (Å²) in [6.07, 6.45) is 0. The first kappa shape index (κ1) is 11.6. The highest BCUT2D eigenvalue weighted by Gasteiger charge is 2.05. The van der Waals surface area contributed by atoms with Gasteiger partial charge in [-0.3, -0.25) is 4.21 Å². The second-order valence-electron chi connectivity index (χ2n) is 2.81. The van der Waals surface area contributed by atoms with Crippen molar-refractivity contribution in [1.82, 2.24) is 0 Å². The van der Waals surface area contributed by atoms with Crippen LogP contribution in [0.15, 0.2) is 18.2 Å². The Morgan fingerprint density at radius 3 is 2.79 bits per heavy atom. The molecule has 78 valence electrons. The SMILES string of the molecule is NCCS(=O)Cc1ccc(F)cc1Cl. The largest absolute Gasteiger partial charge is 0.330 e. The predicted octanol–water partition coefficient (Wildman–Crippen LogP) is 1.69. The number of benzene rings is 1. The van der Waals surface area contributed by atoms with Crippen molar-refractivity contribution in [1.29, 1.82) is 0 Å². The third-order valence-corrected chi connectivity index (χ3v) is 3.35. The van der Waals surface area contributed by atoms with E-state index in [1.165, 1.54) is 12.1 Å². The van der Waals surface area contributed by atoms with Gasteiger partial charge in [-0.05, 0) is 17.7 Å². The van der Waals surface area contributed by atoms with Crippen LogP contribution in [0.2, 0.25) is 5.02 Å². The molecule has 2 nitrogen and oxygen atoms in total. The number of rotatable bonds is 4. The van der Waals surface area contributed by atoms with Crippen molar-refractivity contribution >= 4 is 22.4 Å². The summed E-state index contributed by atoms with van der Waals surface area (Å²) in [5.74, 6) is 0.382.